The molecule has 0 bridgehead atoms. The van der Waals surface area contributed by atoms with Crippen LogP contribution in [0.25, 0.3) is 0 Å². The first-order valence-corrected chi connectivity index (χ1v) is 7.69. The molecule has 0 aromatic heterocycles. The minimum Gasteiger partial charge on any atom is -0.465 e. The Kier molecular flexibility index (Phi) is 6.92. The van der Waals surface area contributed by atoms with Crippen molar-refractivity contribution in [2.75, 3.05) is 18.1 Å². The molecule has 0 unspecified atom stereocenters. The average Bonchev–Trinajstić information content (AvgIpc) is 2.22. The third kappa shape index (κ3) is 6.84. The molecule has 1 saturated heterocycles. The van der Waals surface area contributed by atoms with Crippen molar-refractivity contribution in [1.82, 2.24) is 0 Å². The lowest BCUT2D eigenvalue weighted by molar-refractivity contribution is -0.143. The number of cyclic esters (lactones) is 1. The molecule has 1 heterocycles. The zero-order valence-corrected chi connectivity index (χ0v) is 10.3. The second-order valence-electron chi connectivity index (χ2n) is 3.36. The molecule has 1 aliphatic rings. The summed E-state index contributed by atoms with van der Waals surface area (Å²) in [5.41, 5.74) is 0. The van der Waals surface area contributed by atoms with E-state index < -0.39 is 0 Å². The van der Waals surface area contributed by atoms with Gasteiger partial charge in [0, 0.05) is 30.8 Å². The van der Waals surface area contributed by atoms with Crippen LogP contribution in [0.15, 0.2) is 0 Å². The topological polar surface area (TPSA) is 43.4 Å². The summed E-state index contributed by atoms with van der Waals surface area (Å²) in [6.45, 7) is 0.491. The third-order valence-corrected chi connectivity index (χ3v) is 4.49. The first kappa shape index (κ1) is 12.9. The molecule has 0 atom stereocenters. The molecular formula is C10H16O3S2. The van der Waals surface area contributed by atoms with Gasteiger partial charge >= 0.3 is 5.97 Å². The second-order valence-corrected chi connectivity index (χ2v) is 6.06. The van der Waals surface area contributed by atoms with Crippen molar-refractivity contribution in [3.63, 3.8) is 0 Å². The molecule has 0 amide bonds. The molecule has 0 N–H and O–H groups in total. The maximum atomic E-state index is 11.3. The monoisotopic (exact) mass is 248 g/mol. The quantitative estimate of drug-likeness (QED) is 0.486. The number of ether oxygens (including phenoxy) is 1. The van der Waals surface area contributed by atoms with Crippen LogP contribution >= 0.6 is 21.6 Å². The predicted octanol–water partition coefficient (Wildman–Crippen LogP) is 2.44. The highest BCUT2D eigenvalue weighted by Crippen LogP contribution is 2.22. The maximum absolute atomic E-state index is 11.3. The van der Waals surface area contributed by atoms with Crippen LogP contribution in [0.2, 0.25) is 0 Å². The second kappa shape index (κ2) is 8.05. The van der Waals surface area contributed by atoms with Gasteiger partial charge in [0.25, 0.3) is 0 Å². The average molecular weight is 248 g/mol. The number of rotatable bonds is 0. The molecule has 1 aliphatic heterocycles. The van der Waals surface area contributed by atoms with Crippen LogP contribution in [0.3, 0.4) is 0 Å². The summed E-state index contributed by atoms with van der Waals surface area (Å²) in [7, 11) is 3.46. The van der Waals surface area contributed by atoms with Gasteiger partial charge in [0.2, 0.25) is 0 Å². The molecule has 3 nitrogen and oxygen atoms in total. The van der Waals surface area contributed by atoms with Crippen molar-refractivity contribution in [2.24, 2.45) is 0 Å². The molecule has 0 spiro atoms. The Labute approximate surface area is 98.1 Å². The fraction of sp³-hybridized carbons (Fsp3) is 0.800. The number of esters is 1. The van der Waals surface area contributed by atoms with Gasteiger partial charge in [0.05, 0.1) is 0 Å². The smallest absolute Gasteiger partial charge is 0.305 e. The highest BCUT2D eigenvalue weighted by molar-refractivity contribution is 8.76. The molecule has 0 aromatic carbocycles. The Morgan fingerprint density at radius 2 is 1.67 bits per heavy atom. The lowest BCUT2D eigenvalue weighted by Gasteiger charge is -2.02. The van der Waals surface area contributed by atoms with E-state index in [1.165, 1.54) is 0 Å². The van der Waals surface area contributed by atoms with Crippen molar-refractivity contribution in [3.05, 3.63) is 0 Å². The summed E-state index contributed by atoms with van der Waals surface area (Å²) in [6, 6.07) is 0. The molecule has 0 aliphatic carbocycles. The van der Waals surface area contributed by atoms with Crippen molar-refractivity contribution in [2.45, 2.75) is 32.1 Å². The summed E-state index contributed by atoms with van der Waals surface area (Å²) in [4.78, 5) is 22.5. The van der Waals surface area contributed by atoms with E-state index in [4.69, 9.17) is 4.74 Å². The van der Waals surface area contributed by atoms with Gasteiger partial charge in [-0.15, -0.1) is 0 Å². The van der Waals surface area contributed by atoms with Gasteiger partial charge in [-0.25, -0.2) is 0 Å². The first-order chi connectivity index (χ1) is 7.29. The highest BCUT2D eigenvalue weighted by atomic mass is 33.1. The predicted molar refractivity (Wildman–Crippen MR) is 64.0 cm³/mol. The summed E-state index contributed by atoms with van der Waals surface area (Å²) >= 11 is 0. The fourth-order valence-corrected chi connectivity index (χ4v) is 3.18. The van der Waals surface area contributed by atoms with Crippen LogP contribution in [-0.4, -0.2) is 29.9 Å². The van der Waals surface area contributed by atoms with E-state index in [9.17, 15) is 9.59 Å². The Bertz CT molecular complexity index is 197. The van der Waals surface area contributed by atoms with Crippen LogP contribution in [-0.2, 0) is 14.3 Å². The SMILES string of the molecule is O=C1CCCSSCCOC(=O)CCC1. The third-order valence-electron chi connectivity index (χ3n) is 2.03. The van der Waals surface area contributed by atoms with Crippen molar-refractivity contribution in [3.8, 4) is 0 Å². The van der Waals surface area contributed by atoms with Crippen molar-refractivity contribution >= 4 is 33.3 Å². The number of Topliss-reactive ketones (excluding diaryl/α,β-unsaturated/α-hetero) is 1. The summed E-state index contributed by atoms with van der Waals surface area (Å²) < 4.78 is 5.01. The number of hydrogen-bond donors (Lipinski definition) is 0. The van der Waals surface area contributed by atoms with E-state index in [2.05, 4.69) is 0 Å². The van der Waals surface area contributed by atoms with E-state index >= 15 is 0 Å². The summed E-state index contributed by atoms with van der Waals surface area (Å²) in [5.74, 6) is 1.94. The van der Waals surface area contributed by atoms with Crippen molar-refractivity contribution in [1.29, 1.82) is 0 Å². The van der Waals surface area contributed by atoms with Crippen LogP contribution in [0.4, 0.5) is 0 Å². The minimum absolute atomic E-state index is 0.173. The van der Waals surface area contributed by atoms with Gasteiger partial charge in [-0.3, -0.25) is 9.59 Å². The van der Waals surface area contributed by atoms with Gasteiger partial charge < -0.3 is 4.74 Å². The Morgan fingerprint density at radius 1 is 0.933 bits per heavy atom. The molecule has 15 heavy (non-hydrogen) atoms. The Morgan fingerprint density at radius 3 is 2.53 bits per heavy atom. The summed E-state index contributed by atoms with van der Waals surface area (Å²) in [6.07, 6.45) is 3.14. The van der Waals surface area contributed by atoms with Gasteiger partial charge in [0.15, 0.2) is 0 Å². The first-order valence-electron chi connectivity index (χ1n) is 5.21. The zero-order valence-electron chi connectivity index (χ0n) is 8.70. The number of hydrogen-bond acceptors (Lipinski definition) is 5. The van der Waals surface area contributed by atoms with Crippen LogP contribution in [0, 0.1) is 0 Å². The minimum atomic E-state index is -0.173. The van der Waals surface area contributed by atoms with E-state index in [1.54, 1.807) is 21.6 Å². The van der Waals surface area contributed by atoms with E-state index in [1.807, 2.05) is 0 Å². The number of carbonyl (C=O) groups is 2. The van der Waals surface area contributed by atoms with Crippen LogP contribution in [0.5, 0.6) is 0 Å². The molecule has 0 saturated carbocycles. The Balaban J connectivity index is 2.27. The largest absolute Gasteiger partial charge is 0.465 e. The molecule has 0 aromatic rings. The van der Waals surface area contributed by atoms with Crippen LogP contribution in [0.1, 0.15) is 32.1 Å². The van der Waals surface area contributed by atoms with E-state index in [0.29, 0.717) is 32.3 Å². The van der Waals surface area contributed by atoms with Crippen LogP contribution < -0.4 is 0 Å². The maximum Gasteiger partial charge on any atom is 0.305 e. The molecule has 1 rings (SSSR count). The zero-order chi connectivity index (χ0) is 10.9. The lowest BCUT2D eigenvalue weighted by Crippen LogP contribution is -2.07. The van der Waals surface area contributed by atoms with Gasteiger partial charge in [-0.05, 0) is 12.8 Å². The standard InChI is InChI=1S/C10H16O3S2/c11-9-3-1-5-10(12)13-6-8-15-14-7-2-4-9/h1-8H2. The van der Waals surface area contributed by atoms with Gasteiger partial charge in [0.1, 0.15) is 12.4 Å². The van der Waals surface area contributed by atoms with E-state index in [-0.39, 0.29) is 11.8 Å². The molecule has 5 heteroatoms. The summed E-state index contributed by atoms with van der Waals surface area (Å²) in [5, 5.41) is 0. The molecule has 0 radical (unpaired) electrons. The fourth-order valence-electron chi connectivity index (χ4n) is 1.26. The van der Waals surface area contributed by atoms with Gasteiger partial charge in [-0.2, -0.15) is 0 Å². The highest BCUT2D eigenvalue weighted by Gasteiger charge is 2.07. The molecule has 1 fully saturated rings. The normalized spacial score (nSPS) is 22.1. The molecular weight excluding hydrogens is 232 g/mol. The van der Waals surface area contributed by atoms with Gasteiger partial charge in [-0.1, -0.05) is 21.6 Å². The molecule has 86 valence electrons. The Hall–Kier alpha value is -0.160. The lowest BCUT2D eigenvalue weighted by atomic mass is 10.1. The van der Waals surface area contributed by atoms with E-state index in [0.717, 1.165) is 17.9 Å². The number of carbonyl (C=O) groups excluding carboxylic acids is 2. The van der Waals surface area contributed by atoms with Crippen molar-refractivity contribution < 1.29 is 14.3 Å². The number of ketones is 1.